The Morgan fingerprint density at radius 1 is 1.32 bits per heavy atom. The van der Waals surface area contributed by atoms with Crippen LogP contribution in [0.3, 0.4) is 0 Å². The van der Waals surface area contributed by atoms with Gasteiger partial charge in [-0.15, -0.1) is 24.8 Å². The zero-order valence-electron chi connectivity index (χ0n) is 10.0. The summed E-state index contributed by atoms with van der Waals surface area (Å²) in [7, 11) is 0. The Morgan fingerprint density at radius 3 is 2.68 bits per heavy atom. The van der Waals surface area contributed by atoms with Crippen molar-refractivity contribution in [3.63, 3.8) is 0 Å². The molecule has 106 valence electrons. The first-order chi connectivity index (χ1) is 8.99. The normalized spacial score (nSPS) is 20.4. The zero-order valence-corrected chi connectivity index (χ0v) is 10.8. The molecule has 0 saturated carbocycles. The fourth-order valence-electron chi connectivity index (χ4n) is 2.09. The van der Waals surface area contributed by atoms with Crippen LogP contribution < -0.4 is 9.64 Å². The van der Waals surface area contributed by atoms with Crippen molar-refractivity contribution >= 4 is 17.4 Å². The van der Waals surface area contributed by atoms with Crippen LogP contribution in [0, 0.1) is 0 Å². The van der Waals surface area contributed by atoms with Crippen molar-refractivity contribution in [3.05, 3.63) is 12.4 Å². The van der Waals surface area contributed by atoms with Crippen LogP contribution in [-0.2, 0) is 0 Å². The Hall–Kier alpha value is -1.24. The molecule has 0 radical (unpaired) electrons. The second kappa shape index (κ2) is 5.81. The van der Waals surface area contributed by atoms with E-state index in [2.05, 4.69) is 14.7 Å². The first-order valence-corrected chi connectivity index (χ1v) is 6.43. The summed E-state index contributed by atoms with van der Waals surface area (Å²) < 4.78 is 39.7. The minimum absolute atomic E-state index is 0.152. The number of piperidine rings is 1. The number of anilines is 1. The Kier molecular flexibility index (Phi) is 4.34. The molecule has 1 atom stereocenters. The molecule has 0 amide bonds. The highest BCUT2D eigenvalue weighted by atomic mass is 35.5. The summed E-state index contributed by atoms with van der Waals surface area (Å²) in [6, 6.07) is 0.152. The smallest absolute Gasteiger partial charge is 0.386 e. The summed E-state index contributed by atoms with van der Waals surface area (Å²) in [5.41, 5.74) is 0. The molecule has 0 spiro atoms. The van der Waals surface area contributed by atoms with Gasteiger partial charge in [0, 0.05) is 18.5 Å². The summed E-state index contributed by atoms with van der Waals surface area (Å²) in [5, 5.41) is 0. The van der Waals surface area contributed by atoms with Gasteiger partial charge in [-0.2, -0.15) is 0 Å². The molecule has 2 heterocycles. The Morgan fingerprint density at radius 2 is 2.11 bits per heavy atom. The van der Waals surface area contributed by atoms with Crippen LogP contribution in [0.15, 0.2) is 12.4 Å². The van der Waals surface area contributed by atoms with E-state index in [0.717, 1.165) is 32.0 Å². The van der Waals surface area contributed by atoms with E-state index in [4.69, 9.17) is 11.6 Å². The third-order valence-electron chi connectivity index (χ3n) is 2.93. The summed E-state index contributed by atoms with van der Waals surface area (Å²) in [5.74, 6) is 0.429. The molecule has 0 aliphatic carbocycles. The van der Waals surface area contributed by atoms with Gasteiger partial charge in [-0.25, -0.2) is 9.97 Å². The average Bonchev–Trinajstić information content (AvgIpc) is 2.38. The van der Waals surface area contributed by atoms with Crippen molar-refractivity contribution in [2.75, 3.05) is 17.3 Å². The van der Waals surface area contributed by atoms with Crippen molar-refractivity contribution in [1.29, 1.82) is 0 Å². The molecular formula is C11H13ClF3N3O. The fraction of sp³-hybridized carbons (Fsp3) is 0.636. The first kappa shape index (κ1) is 14.2. The quantitative estimate of drug-likeness (QED) is 0.804. The summed E-state index contributed by atoms with van der Waals surface area (Å²) in [6.07, 6.45) is 0.563. The van der Waals surface area contributed by atoms with E-state index in [1.54, 1.807) is 0 Å². The predicted octanol–water partition coefficient (Wildman–Crippen LogP) is 2.97. The average molecular weight is 296 g/mol. The van der Waals surface area contributed by atoms with Gasteiger partial charge in [-0.3, -0.25) is 0 Å². The number of aromatic nitrogens is 2. The second-order valence-electron chi connectivity index (χ2n) is 4.26. The van der Waals surface area contributed by atoms with Gasteiger partial charge in [0.15, 0.2) is 0 Å². The zero-order chi connectivity index (χ0) is 13.9. The van der Waals surface area contributed by atoms with Crippen LogP contribution in [-0.4, -0.2) is 34.8 Å². The predicted molar refractivity (Wildman–Crippen MR) is 64.4 cm³/mol. The highest BCUT2D eigenvalue weighted by Crippen LogP contribution is 2.25. The van der Waals surface area contributed by atoms with Gasteiger partial charge < -0.3 is 9.64 Å². The summed E-state index contributed by atoms with van der Waals surface area (Å²) in [6.45, 7) is 0.783. The largest absolute Gasteiger partial charge is 0.574 e. The monoisotopic (exact) mass is 295 g/mol. The molecule has 0 N–H and O–H groups in total. The van der Waals surface area contributed by atoms with Gasteiger partial charge in [-0.1, -0.05) is 0 Å². The third-order valence-corrected chi connectivity index (χ3v) is 3.29. The molecule has 1 aromatic heterocycles. The Labute approximate surface area is 113 Å². The lowest BCUT2D eigenvalue weighted by molar-refractivity contribution is -0.276. The van der Waals surface area contributed by atoms with Gasteiger partial charge in [0.05, 0.1) is 12.4 Å². The van der Waals surface area contributed by atoms with Crippen LogP contribution in [0.25, 0.3) is 0 Å². The molecule has 1 aromatic rings. The minimum Gasteiger partial charge on any atom is -0.386 e. The van der Waals surface area contributed by atoms with Crippen LogP contribution in [0.1, 0.15) is 19.3 Å². The molecule has 19 heavy (non-hydrogen) atoms. The second-order valence-corrected chi connectivity index (χ2v) is 4.57. The van der Waals surface area contributed by atoms with Crippen LogP contribution in [0.2, 0.25) is 0 Å². The SMILES string of the molecule is FC(F)(F)Oc1cnc(N2CCCCC2CCl)cn1. The van der Waals surface area contributed by atoms with Gasteiger partial charge in [-0.05, 0) is 19.3 Å². The lowest BCUT2D eigenvalue weighted by Crippen LogP contribution is -2.41. The van der Waals surface area contributed by atoms with Crippen molar-refractivity contribution in [2.24, 2.45) is 0 Å². The molecule has 1 saturated heterocycles. The standard InChI is InChI=1S/C11H13ClF3N3O/c12-5-8-3-1-2-4-18(8)9-6-17-10(7-16-9)19-11(13,14)15/h6-8H,1-5H2. The van der Waals surface area contributed by atoms with E-state index >= 15 is 0 Å². The minimum atomic E-state index is -4.75. The molecule has 8 heteroatoms. The number of hydrogen-bond donors (Lipinski definition) is 0. The molecule has 1 aliphatic heterocycles. The van der Waals surface area contributed by atoms with Crippen molar-refractivity contribution < 1.29 is 17.9 Å². The van der Waals surface area contributed by atoms with E-state index < -0.39 is 12.2 Å². The van der Waals surface area contributed by atoms with Crippen molar-refractivity contribution in [2.45, 2.75) is 31.7 Å². The van der Waals surface area contributed by atoms with Gasteiger partial charge >= 0.3 is 6.36 Å². The number of hydrogen-bond acceptors (Lipinski definition) is 4. The molecule has 4 nitrogen and oxygen atoms in total. The molecule has 0 aromatic carbocycles. The third kappa shape index (κ3) is 3.86. The molecule has 1 fully saturated rings. The molecule has 1 aliphatic rings. The van der Waals surface area contributed by atoms with E-state index in [1.807, 2.05) is 4.90 Å². The number of nitrogens with zero attached hydrogens (tertiary/aromatic N) is 3. The number of ether oxygens (including phenoxy) is 1. The van der Waals surface area contributed by atoms with Crippen molar-refractivity contribution in [1.82, 2.24) is 9.97 Å². The van der Waals surface area contributed by atoms with E-state index in [1.165, 1.54) is 6.20 Å². The van der Waals surface area contributed by atoms with E-state index in [-0.39, 0.29) is 6.04 Å². The van der Waals surface area contributed by atoms with Crippen LogP contribution >= 0.6 is 11.6 Å². The van der Waals surface area contributed by atoms with E-state index in [0.29, 0.717) is 11.7 Å². The molecule has 2 rings (SSSR count). The number of alkyl halides is 4. The van der Waals surface area contributed by atoms with Gasteiger partial charge in [0.25, 0.3) is 0 Å². The number of halogens is 4. The Bertz CT molecular complexity index is 413. The molecule has 0 bridgehead atoms. The fourth-order valence-corrected chi connectivity index (χ4v) is 2.41. The maximum atomic E-state index is 12.0. The highest BCUT2D eigenvalue weighted by Gasteiger charge is 2.32. The lowest BCUT2D eigenvalue weighted by Gasteiger charge is -2.35. The van der Waals surface area contributed by atoms with Crippen LogP contribution in [0.4, 0.5) is 19.0 Å². The van der Waals surface area contributed by atoms with Gasteiger partial charge in [0.1, 0.15) is 5.82 Å². The molecule has 1 unspecified atom stereocenters. The number of rotatable bonds is 3. The maximum absolute atomic E-state index is 12.0. The topological polar surface area (TPSA) is 38.2 Å². The first-order valence-electron chi connectivity index (χ1n) is 5.90. The maximum Gasteiger partial charge on any atom is 0.574 e. The highest BCUT2D eigenvalue weighted by molar-refractivity contribution is 6.18. The molecular weight excluding hydrogens is 283 g/mol. The summed E-state index contributed by atoms with van der Waals surface area (Å²) >= 11 is 5.88. The van der Waals surface area contributed by atoms with Crippen LogP contribution in [0.5, 0.6) is 5.88 Å². The van der Waals surface area contributed by atoms with Gasteiger partial charge in [0.2, 0.25) is 5.88 Å². The summed E-state index contributed by atoms with van der Waals surface area (Å²) in [4.78, 5) is 9.56. The Balaban J connectivity index is 2.08. The lowest BCUT2D eigenvalue weighted by atomic mass is 10.0. The van der Waals surface area contributed by atoms with E-state index in [9.17, 15) is 13.2 Å². The van der Waals surface area contributed by atoms with Crippen molar-refractivity contribution in [3.8, 4) is 5.88 Å².